The molecule has 0 aliphatic rings. The van der Waals surface area contributed by atoms with E-state index in [1.54, 1.807) is 0 Å². The molecule has 0 radical (unpaired) electrons. The fraction of sp³-hybridized carbons (Fsp3) is 0.647. The van der Waals surface area contributed by atoms with Gasteiger partial charge in [-0.1, -0.05) is 37.6 Å². The van der Waals surface area contributed by atoms with Crippen LogP contribution in [0.5, 0.6) is 0 Å². The van der Waals surface area contributed by atoms with Gasteiger partial charge in [-0.25, -0.2) is 0 Å². The molecule has 0 bridgehead atoms. The number of rotatable bonds is 7. The van der Waals surface area contributed by atoms with Crippen molar-refractivity contribution in [3.8, 4) is 0 Å². The summed E-state index contributed by atoms with van der Waals surface area (Å²) >= 11 is 2.00. The molecule has 0 aliphatic heterocycles. The van der Waals surface area contributed by atoms with Crippen LogP contribution in [0.1, 0.15) is 56.3 Å². The number of hydrogen-bond acceptors (Lipinski definition) is 2. The van der Waals surface area contributed by atoms with E-state index in [1.807, 2.05) is 11.8 Å². The molecule has 0 amide bonds. The second-order valence-electron chi connectivity index (χ2n) is 5.56. The van der Waals surface area contributed by atoms with E-state index >= 15 is 0 Å². The second kappa shape index (κ2) is 7.35. The third kappa shape index (κ3) is 4.25. The highest BCUT2D eigenvalue weighted by atomic mass is 32.2. The summed E-state index contributed by atoms with van der Waals surface area (Å²) in [6.07, 6.45) is 4.67. The molecule has 1 unspecified atom stereocenters. The Hall–Kier alpha value is -0.470. The van der Waals surface area contributed by atoms with Crippen LogP contribution in [0.15, 0.2) is 18.2 Å². The van der Waals surface area contributed by atoms with Crippen LogP contribution in [0.4, 0.5) is 0 Å². The van der Waals surface area contributed by atoms with Crippen molar-refractivity contribution in [3.05, 3.63) is 34.9 Å². The SMILES string of the molecule is CCC(CC)(CNC(C)c1ccc(C)cc1C)SC. The second-order valence-corrected chi connectivity index (χ2v) is 6.83. The van der Waals surface area contributed by atoms with Crippen molar-refractivity contribution in [3.63, 3.8) is 0 Å². The molecule has 0 fully saturated rings. The highest BCUT2D eigenvalue weighted by molar-refractivity contribution is 8.00. The fourth-order valence-electron chi connectivity index (χ4n) is 2.62. The van der Waals surface area contributed by atoms with Gasteiger partial charge >= 0.3 is 0 Å². The van der Waals surface area contributed by atoms with Crippen LogP contribution in [0.25, 0.3) is 0 Å². The van der Waals surface area contributed by atoms with E-state index in [-0.39, 0.29) is 0 Å². The number of benzene rings is 1. The lowest BCUT2D eigenvalue weighted by Gasteiger charge is -2.32. The van der Waals surface area contributed by atoms with Crippen LogP contribution in [-0.2, 0) is 0 Å². The lowest BCUT2D eigenvalue weighted by molar-refractivity contribution is 0.459. The van der Waals surface area contributed by atoms with E-state index in [9.17, 15) is 0 Å². The van der Waals surface area contributed by atoms with Gasteiger partial charge in [0.25, 0.3) is 0 Å². The van der Waals surface area contributed by atoms with Crippen molar-refractivity contribution < 1.29 is 0 Å². The van der Waals surface area contributed by atoms with E-state index in [0.29, 0.717) is 10.8 Å². The van der Waals surface area contributed by atoms with E-state index < -0.39 is 0 Å². The Labute approximate surface area is 123 Å². The average molecular weight is 279 g/mol. The van der Waals surface area contributed by atoms with Crippen LogP contribution in [0.2, 0.25) is 0 Å². The summed E-state index contributed by atoms with van der Waals surface area (Å²) in [6, 6.07) is 7.17. The minimum absolute atomic E-state index is 0.382. The molecule has 0 aromatic heterocycles. The van der Waals surface area contributed by atoms with Gasteiger partial charge in [0.05, 0.1) is 0 Å². The van der Waals surface area contributed by atoms with Crippen molar-refractivity contribution in [2.24, 2.45) is 0 Å². The summed E-state index contributed by atoms with van der Waals surface area (Å²) in [5.41, 5.74) is 4.16. The third-order valence-electron chi connectivity index (χ3n) is 4.34. The Kier molecular flexibility index (Phi) is 6.41. The smallest absolute Gasteiger partial charge is 0.0294 e. The summed E-state index contributed by atoms with van der Waals surface area (Å²) in [5.74, 6) is 0. The molecule has 1 aromatic carbocycles. The average Bonchev–Trinajstić information content (AvgIpc) is 2.40. The van der Waals surface area contributed by atoms with Crippen LogP contribution in [-0.4, -0.2) is 17.5 Å². The topological polar surface area (TPSA) is 12.0 Å². The molecule has 0 heterocycles. The molecule has 108 valence electrons. The third-order valence-corrected chi connectivity index (χ3v) is 5.93. The van der Waals surface area contributed by atoms with Crippen molar-refractivity contribution in [1.82, 2.24) is 5.32 Å². The zero-order valence-corrected chi connectivity index (χ0v) is 14.2. The molecule has 0 aliphatic carbocycles. The van der Waals surface area contributed by atoms with Crippen molar-refractivity contribution in [1.29, 1.82) is 0 Å². The number of hydrogen-bond donors (Lipinski definition) is 1. The normalized spacial score (nSPS) is 13.6. The summed E-state index contributed by atoms with van der Waals surface area (Å²) < 4.78 is 0.382. The lowest BCUT2D eigenvalue weighted by atomic mass is 9.98. The van der Waals surface area contributed by atoms with Gasteiger partial charge in [-0.15, -0.1) is 0 Å². The maximum Gasteiger partial charge on any atom is 0.0294 e. The minimum Gasteiger partial charge on any atom is -0.309 e. The van der Waals surface area contributed by atoms with Gasteiger partial charge in [0, 0.05) is 17.3 Å². The van der Waals surface area contributed by atoms with Crippen LogP contribution >= 0.6 is 11.8 Å². The Morgan fingerprint density at radius 2 is 1.84 bits per heavy atom. The van der Waals surface area contributed by atoms with Crippen molar-refractivity contribution >= 4 is 11.8 Å². The zero-order chi connectivity index (χ0) is 14.5. The van der Waals surface area contributed by atoms with E-state index in [4.69, 9.17) is 0 Å². The molecule has 1 atom stereocenters. The fourth-order valence-corrected chi connectivity index (χ4v) is 3.43. The first-order valence-corrected chi connectivity index (χ1v) is 8.56. The molecule has 1 N–H and O–H groups in total. The first-order chi connectivity index (χ1) is 8.98. The number of aryl methyl sites for hydroxylation is 2. The Morgan fingerprint density at radius 1 is 1.21 bits per heavy atom. The summed E-state index contributed by atoms with van der Waals surface area (Å²) in [6.45, 7) is 12.3. The Bertz CT molecular complexity index is 388. The predicted molar refractivity (Wildman–Crippen MR) is 89.2 cm³/mol. The Morgan fingerprint density at radius 3 is 2.32 bits per heavy atom. The molecular weight excluding hydrogens is 250 g/mol. The quantitative estimate of drug-likeness (QED) is 0.763. The molecule has 1 rings (SSSR count). The van der Waals surface area contributed by atoms with Crippen LogP contribution in [0.3, 0.4) is 0 Å². The Balaban J connectivity index is 2.72. The predicted octanol–water partition coefficient (Wildman–Crippen LogP) is 4.88. The van der Waals surface area contributed by atoms with Gasteiger partial charge in [0.2, 0.25) is 0 Å². The van der Waals surface area contributed by atoms with E-state index in [0.717, 1.165) is 6.54 Å². The standard InChI is InChI=1S/C17H29NS/c1-7-17(8-2,19-6)12-18-15(5)16-10-9-13(3)11-14(16)4/h9-11,15,18H,7-8,12H2,1-6H3. The zero-order valence-electron chi connectivity index (χ0n) is 13.3. The molecule has 2 heteroatoms. The first-order valence-electron chi connectivity index (χ1n) is 7.33. The van der Waals surface area contributed by atoms with E-state index in [2.05, 4.69) is 64.4 Å². The number of thioether (sulfide) groups is 1. The molecule has 0 saturated heterocycles. The maximum atomic E-state index is 3.73. The van der Waals surface area contributed by atoms with Crippen molar-refractivity contribution in [2.45, 2.75) is 58.2 Å². The summed E-state index contributed by atoms with van der Waals surface area (Å²) in [7, 11) is 0. The molecule has 0 spiro atoms. The lowest BCUT2D eigenvalue weighted by Crippen LogP contribution is -2.37. The van der Waals surface area contributed by atoms with Crippen LogP contribution in [0, 0.1) is 13.8 Å². The molecule has 1 aromatic rings. The van der Waals surface area contributed by atoms with Gasteiger partial charge in [0.15, 0.2) is 0 Å². The van der Waals surface area contributed by atoms with Gasteiger partial charge in [0.1, 0.15) is 0 Å². The van der Waals surface area contributed by atoms with Gasteiger partial charge in [-0.2, -0.15) is 11.8 Å². The first kappa shape index (κ1) is 16.6. The molecule has 0 saturated carbocycles. The minimum atomic E-state index is 0.382. The van der Waals surface area contributed by atoms with Crippen LogP contribution < -0.4 is 5.32 Å². The molecular formula is C17H29NS. The van der Waals surface area contributed by atoms with Gasteiger partial charge in [-0.05, 0) is 51.0 Å². The highest BCUT2D eigenvalue weighted by Crippen LogP contribution is 2.30. The highest BCUT2D eigenvalue weighted by Gasteiger charge is 2.25. The molecule has 1 nitrogen and oxygen atoms in total. The number of nitrogens with one attached hydrogen (secondary N) is 1. The summed E-state index contributed by atoms with van der Waals surface area (Å²) in [5, 5.41) is 3.73. The van der Waals surface area contributed by atoms with Gasteiger partial charge in [-0.3, -0.25) is 0 Å². The monoisotopic (exact) mass is 279 g/mol. The maximum absolute atomic E-state index is 3.73. The van der Waals surface area contributed by atoms with E-state index in [1.165, 1.54) is 29.5 Å². The largest absolute Gasteiger partial charge is 0.309 e. The summed E-state index contributed by atoms with van der Waals surface area (Å²) in [4.78, 5) is 0. The molecule has 19 heavy (non-hydrogen) atoms. The van der Waals surface area contributed by atoms with Gasteiger partial charge < -0.3 is 5.32 Å². The van der Waals surface area contributed by atoms with Crippen molar-refractivity contribution in [2.75, 3.05) is 12.8 Å².